The zero-order valence-electron chi connectivity index (χ0n) is 14.9. The number of ether oxygens (including phenoxy) is 1. The van der Waals surface area contributed by atoms with Gasteiger partial charge in [-0.2, -0.15) is 0 Å². The lowest BCUT2D eigenvalue weighted by Gasteiger charge is -2.09. The van der Waals surface area contributed by atoms with E-state index in [1.54, 1.807) is 36.4 Å². The number of carbonyl (C=O) groups is 2. The van der Waals surface area contributed by atoms with Crippen LogP contribution in [0.1, 0.15) is 27.6 Å². The Morgan fingerprint density at radius 2 is 1.37 bits per heavy atom. The van der Waals surface area contributed by atoms with Gasteiger partial charge in [-0.3, -0.25) is 20.4 Å². The van der Waals surface area contributed by atoms with Crippen LogP contribution < -0.4 is 15.6 Å². The Kier molecular flexibility index (Phi) is 5.84. The fraction of sp³-hybridized carbons (Fsp3) is 0.0909. The summed E-state index contributed by atoms with van der Waals surface area (Å²) in [4.78, 5) is 24.4. The van der Waals surface area contributed by atoms with Gasteiger partial charge < -0.3 is 4.74 Å². The van der Waals surface area contributed by atoms with Crippen molar-refractivity contribution in [2.24, 2.45) is 0 Å². The topological polar surface area (TPSA) is 67.4 Å². The zero-order chi connectivity index (χ0) is 19.1. The van der Waals surface area contributed by atoms with Gasteiger partial charge in [0, 0.05) is 11.1 Å². The molecule has 0 saturated carbocycles. The molecule has 0 saturated heterocycles. The van der Waals surface area contributed by atoms with Crippen LogP contribution in [-0.2, 0) is 0 Å². The van der Waals surface area contributed by atoms with Crippen molar-refractivity contribution in [3.8, 4) is 16.9 Å². The SMILES string of the molecule is CCOc1cccc(C(=O)NNC(=O)c2ccc(-c3ccccc3)cc2)c1. The molecule has 3 rings (SSSR count). The van der Waals surface area contributed by atoms with Crippen molar-refractivity contribution in [3.05, 3.63) is 90.0 Å². The van der Waals surface area contributed by atoms with Gasteiger partial charge in [0.05, 0.1) is 6.61 Å². The Balaban J connectivity index is 1.60. The van der Waals surface area contributed by atoms with Crippen molar-refractivity contribution < 1.29 is 14.3 Å². The maximum absolute atomic E-state index is 12.2. The minimum atomic E-state index is -0.411. The van der Waals surface area contributed by atoms with Crippen LogP contribution in [0, 0.1) is 0 Å². The maximum Gasteiger partial charge on any atom is 0.269 e. The molecule has 0 radical (unpaired) electrons. The lowest BCUT2D eigenvalue weighted by molar-refractivity contribution is 0.0846. The Morgan fingerprint density at radius 3 is 2.04 bits per heavy atom. The molecule has 0 spiro atoms. The quantitative estimate of drug-likeness (QED) is 0.680. The molecule has 0 fully saturated rings. The number of hydrogen-bond acceptors (Lipinski definition) is 3. The number of amides is 2. The molecule has 0 heterocycles. The van der Waals surface area contributed by atoms with E-state index in [4.69, 9.17) is 4.74 Å². The summed E-state index contributed by atoms with van der Waals surface area (Å²) < 4.78 is 5.37. The first-order valence-electron chi connectivity index (χ1n) is 8.66. The highest BCUT2D eigenvalue weighted by Crippen LogP contribution is 2.19. The van der Waals surface area contributed by atoms with Crippen LogP contribution in [0.3, 0.4) is 0 Å². The summed E-state index contributed by atoms with van der Waals surface area (Å²) in [5.41, 5.74) is 7.80. The monoisotopic (exact) mass is 360 g/mol. The first-order valence-corrected chi connectivity index (χ1v) is 8.66. The van der Waals surface area contributed by atoms with E-state index in [2.05, 4.69) is 10.9 Å². The molecule has 0 atom stereocenters. The summed E-state index contributed by atoms with van der Waals surface area (Å²) in [5, 5.41) is 0. The van der Waals surface area contributed by atoms with Crippen LogP contribution in [-0.4, -0.2) is 18.4 Å². The third-order valence-corrected chi connectivity index (χ3v) is 3.95. The summed E-state index contributed by atoms with van der Waals surface area (Å²) in [5.74, 6) is -0.192. The molecule has 0 aliphatic rings. The third kappa shape index (κ3) is 4.73. The molecule has 5 heteroatoms. The second kappa shape index (κ2) is 8.67. The predicted molar refractivity (Wildman–Crippen MR) is 104 cm³/mol. The van der Waals surface area contributed by atoms with Crippen LogP contribution in [0.4, 0.5) is 0 Å². The van der Waals surface area contributed by atoms with Crippen LogP contribution in [0.5, 0.6) is 5.75 Å². The highest BCUT2D eigenvalue weighted by atomic mass is 16.5. The van der Waals surface area contributed by atoms with Gasteiger partial charge in [-0.15, -0.1) is 0 Å². The van der Waals surface area contributed by atoms with E-state index in [1.165, 1.54) is 0 Å². The average molecular weight is 360 g/mol. The second-order valence-electron chi connectivity index (χ2n) is 5.81. The smallest absolute Gasteiger partial charge is 0.269 e. The zero-order valence-corrected chi connectivity index (χ0v) is 14.9. The van der Waals surface area contributed by atoms with Gasteiger partial charge in [-0.1, -0.05) is 48.5 Å². The van der Waals surface area contributed by atoms with E-state index in [9.17, 15) is 9.59 Å². The molecule has 136 valence electrons. The molecular weight excluding hydrogens is 340 g/mol. The molecule has 0 unspecified atom stereocenters. The number of hydrazine groups is 1. The van der Waals surface area contributed by atoms with E-state index >= 15 is 0 Å². The van der Waals surface area contributed by atoms with Gasteiger partial charge in [0.25, 0.3) is 11.8 Å². The van der Waals surface area contributed by atoms with Gasteiger partial charge in [0.15, 0.2) is 0 Å². The highest BCUT2D eigenvalue weighted by Gasteiger charge is 2.10. The lowest BCUT2D eigenvalue weighted by Crippen LogP contribution is -2.41. The Morgan fingerprint density at radius 1 is 0.741 bits per heavy atom. The van der Waals surface area contributed by atoms with Crippen molar-refractivity contribution in [1.82, 2.24) is 10.9 Å². The van der Waals surface area contributed by atoms with Gasteiger partial charge in [-0.25, -0.2) is 0 Å². The molecule has 0 aromatic heterocycles. The van der Waals surface area contributed by atoms with Crippen LogP contribution in [0.15, 0.2) is 78.9 Å². The molecule has 0 aliphatic heterocycles. The van der Waals surface area contributed by atoms with E-state index < -0.39 is 5.91 Å². The van der Waals surface area contributed by atoms with Crippen molar-refractivity contribution >= 4 is 11.8 Å². The van der Waals surface area contributed by atoms with Crippen molar-refractivity contribution in [1.29, 1.82) is 0 Å². The van der Waals surface area contributed by atoms with E-state index in [1.807, 2.05) is 49.4 Å². The minimum Gasteiger partial charge on any atom is -0.494 e. The third-order valence-electron chi connectivity index (χ3n) is 3.95. The fourth-order valence-electron chi connectivity index (χ4n) is 2.60. The molecule has 3 aromatic carbocycles. The summed E-state index contributed by atoms with van der Waals surface area (Å²) in [7, 11) is 0. The summed E-state index contributed by atoms with van der Waals surface area (Å²) in [6, 6.07) is 23.9. The van der Waals surface area contributed by atoms with Crippen LogP contribution >= 0.6 is 0 Å². The molecule has 3 aromatic rings. The largest absolute Gasteiger partial charge is 0.494 e. The van der Waals surface area contributed by atoms with Crippen molar-refractivity contribution in [3.63, 3.8) is 0 Å². The van der Waals surface area contributed by atoms with Crippen LogP contribution in [0.2, 0.25) is 0 Å². The standard InChI is InChI=1S/C22H20N2O3/c1-2-27-20-10-6-9-19(15-20)22(26)24-23-21(25)18-13-11-17(12-14-18)16-7-4-3-5-8-16/h3-15H,2H2,1H3,(H,23,25)(H,24,26). The van der Waals surface area contributed by atoms with Gasteiger partial charge in [-0.05, 0) is 48.4 Å². The molecule has 0 bridgehead atoms. The first-order chi connectivity index (χ1) is 13.2. The van der Waals surface area contributed by atoms with Gasteiger partial charge in [0.1, 0.15) is 5.75 Å². The Labute approximate surface area is 158 Å². The predicted octanol–water partition coefficient (Wildman–Crippen LogP) is 3.83. The Bertz CT molecular complexity index is 922. The summed E-state index contributed by atoms with van der Waals surface area (Å²) >= 11 is 0. The van der Waals surface area contributed by atoms with Crippen molar-refractivity contribution in [2.75, 3.05) is 6.61 Å². The molecule has 2 N–H and O–H groups in total. The van der Waals surface area contributed by atoms with E-state index in [0.29, 0.717) is 23.5 Å². The van der Waals surface area contributed by atoms with E-state index in [-0.39, 0.29) is 5.91 Å². The summed E-state index contributed by atoms with van der Waals surface area (Å²) in [6.07, 6.45) is 0. The molecule has 0 aliphatic carbocycles. The van der Waals surface area contributed by atoms with Gasteiger partial charge in [0.2, 0.25) is 0 Å². The lowest BCUT2D eigenvalue weighted by atomic mass is 10.0. The Hall–Kier alpha value is -3.60. The highest BCUT2D eigenvalue weighted by molar-refractivity contribution is 5.99. The fourth-order valence-corrected chi connectivity index (χ4v) is 2.60. The number of benzene rings is 3. The molecule has 2 amide bonds. The van der Waals surface area contributed by atoms with Gasteiger partial charge >= 0.3 is 0 Å². The number of hydrogen-bond donors (Lipinski definition) is 2. The average Bonchev–Trinajstić information content (AvgIpc) is 2.73. The van der Waals surface area contributed by atoms with Crippen LogP contribution in [0.25, 0.3) is 11.1 Å². The van der Waals surface area contributed by atoms with E-state index in [0.717, 1.165) is 11.1 Å². The maximum atomic E-state index is 12.2. The molecule has 5 nitrogen and oxygen atoms in total. The minimum absolute atomic E-state index is 0.385. The number of rotatable bonds is 5. The number of carbonyl (C=O) groups excluding carboxylic acids is 2. The number of nitrogens with one attached hydrogen (secondary N) is 2. The normalized spacial score (nSPS) is 10.1. The second-order valence-corrected chi connectivity index (χ2v) is 5.81. The molecule has 27 heavy (non-hydrogen) atoms. The summed E-state index contributed by atoms with van der Waals surface area (Å²) in [6.45, 7) is 2.39. The van der Waals surface area contributed by atoms with Crippen molar-refractivity contribution in [2.45, 2.75) is 6.92 Å². The molecular formula is C22H20N2O3. The first kappa shape index (κ1) is 18.2.